The van der Waals surface area contributed by atoms with Gasteiger partial charge in [-0.2, -0.15) is 11.3 Å². The van der Waals surface area contributed by atoms with E-state index in [2.05, 4.69) is 43.8 Å². The number of aromatic nitrogens is 3. The molecule has 1 N–H and O–H groups in total. The largest absolute Gasteiger partial charge is 0.316 e. The molecule has 0 saturated carbocycles. The minimum Gasteiger partial charge on any atom is -0.316 e. The lowest BCUT2D eigenvalue weighted by atomic mass is 10.3. The smallest absolute Gasteiger partial charge is 0.132 e. The van der Waals surface area contributed by atoms with E-state index in [4.69, 9.17) is 0 Å². The minimum absolute atomic E-state index is 0.931. The molecule has 0 bridgehead atoms. The number of nitrogens with one attached hydrogen (secondary N) is 1. The van der Waals surface area contributed by atoms with E-state index in [1.165, 1.54) is 5.56 Å². The molecule has 2 aromatic rings. The van der Waals surface area contributed by atoms with Gasteiger partial charge in [-0.05, 0) is 22.4 Å². The van der Waals surface area contributed by atoms with E-state index < -0.39 is 0 Å². The molecule has 4 nitrogen and oxygen atoms in total. The number of hydrogen-bond acceptors (Lipinski definition) is 4. The van der Waals surface area contributed by atoms with Crippen LogP contribution in [0.1, 0.15) is 18.3 Å². The van der Waals surface area contributed by atoms with Gasteiger partial charge in [0, 0.05) is 26.1 Å². The van der Waals surface area contributed by atoms with Crippen LogP contribution in [-0.2, 0) is 19.5 Å². The molecule has 0 saturated heterocycles. The van der Waals surface area contributed by atoms with Gasteiger partial charge in [0.25, 0.3) is 0 Å². The van der Waals surface area contributed by atoms with E-state index in [1.54, 1.807) is 17.7 Å². The average molecular weight is 236 g/mol. The van der Waals surface area contributed by atoms with Crippen molar-refractivity contribution in [2.24, 2.45) is 0 Å². The van der Waals surface area contributed by atoms with Crippen LogP contribution in [0.15, 0.2) is 23.2 Å². The van der Waals surface area contributed by atoms with Gasteiger partial charge in [-0.3, -0.25) is 0 Å². The van der Waals surface area contributed by atoms with Crippen LogP contribution < -0.4 is 5.32 Å². The third kappa shape index (κ3) is 2.90. The zero-order chi connectivity index (χ0) is 11.2. The second-order valence-corrected chi connectivity index (χ2v) is 4.38. The number of aryl methyl sites for hydroxylation is 1. The Morgan fingerprint density at radius 2 is 2.44 bits per heavy atom. The Balaban J connectivity index is 1.72. The molecule has 5 heteroatoms. The van der Waals surface area contributed by atoms with E-state index >= 15 is 0 Å². The summed E-state index contributed by atoms with van der Waals surface area (Å²) in [5, 5.41) is 15.6. The highest BCUT2D eigenvalue weighted by Crippen LogP contribution is 2.04. The van der Waals surface area contributed by atoms with Crippen molar-refractivity contribution in [1.29, 1.82) is 0 Å². The SMILES string of the molecule is CCc1nncn1CCNCc1ccsc1. The second kappa shape index (κ2) is 5.77. The number of thiophene rings is 1. The molecule has 0 aliphatic rings. The van der Waals surface area contributed by atoms with Crippen molar-refractivity contribution < 1.29 is 0 Å². The van der Waals surface area contributed by atoms with E-state index in [0.717, 1.165) is 31.9 Å². The van der Waals surface area contributed by atoms with E-state index in [-0.39, 0.29) is 0 Å². The zero-order valence-electron chi connectivity index (χ0n) is 9.39. The molecule has 0 aliphatic heterocycles. The van der Waals surface area contributed by atoms with Gasteiger partial charge in [0.2, 0.25) is 0 Å². The monoisotopic (exact) mass is 236 g/mol. The van der Waals surface area contributed by atoms with Crippen LogP contribution in [0.3, 0.4) is 0 Å². The number of rotatable bonds is 6. The predicted octanol–water partition coefficient (Wildman–Crippen LogP) is 1.69. The lowest BCUT2D eigenvalue weighted by molar-refractivity contribution is 0.581. The summed E-state index contributed by atoms with van der Waals surface area (Å²) in [5.74, 6) is 1.05. The van der Waals surface area contributed by atoms with Gasteiger partial charge in [-0.1, -0.05) is 6.92 Å². The van der Waals surface area contributed by atoms with Crippen LogP contribution in [0.5, 0.6) is 0 Å². The molecule has 0 fully saturated rings. The van der Waals surface area contributed by atoms with Gasteiger partial charge in [-0.25, -0.2) is 0 Å². The van der Waals surface area contributed by atoms with Crippen LogP contribution in [-0.4, -0.2) is 21.3 Å². The van der Waals surface area contributed by atoms with Crippen molar-refractivity contribution in [2.75, 3.05) is 6.54 Å². The van der Waals surface area contributed by atoms with Gasteiger partial charge in [-0.15, -0.1) is 10.2 Å². The molecule has 0 aliphatic carbocycles. The fourth-order valence-electron chi connectivity index (χ4n) is 1.56. The molecular weight excluding hydrogens is 220 g/mol. The summed E-state index contributed by atoms with van der Waals surface area (Å²) in [5.41, 5.74) is 1.35. The van der Waals surface area contributed by atoms with Crippen LogP contribution >= 0.6 is 11.3 Å². The molecule has 0 unspecified atom stereocenters. The Morgan fingerprint density at radius 1 is 1.50 bits per heavy atom. The normalized spacial score (nSPS) is 10.8. The molecule has 2 rings (SSSR count). The first-order valence-electron chi connectivity index (χ1n) is 5.48. The summed E-state index contributed by atoms with van der Waals surface area (Å²) in [6, 6.07) is 2.15. The summed E-state index contributed by atoms with van der Waals surface area (Å²) >= 11 is 1.74. The highest BCUT2D eigenvalue weighted by Gasteiger charge is 2.00. The van der Waals surface area contributed by atoms with Crippen LogP contribution in [0.2, 0.25) is 0 Å². The Labute approximate surface area is 99.3 Å². The summed E-state index contributed by atoms with van der Waals surface area (Å²) < 4.78 is 2.10. The molecular formula is C11H16N4S. The highest BCUT2D eigenvalue weighted by atomic mass is 32.1. The summed E-state index contributed by atoms with van der Waals surface area (Å²) in [7, 11) is 0. The Hall–Kier alpha value is -1.20. The third-order valence-electron chi connectivity index (χ3n) is 2.45. The topological polar surface area (TPSA) is 42.7 Å². The van der Waals surface area contributed by atoms with Gasteiger partial charge < -0.3 is 9.88 Å². The molecule has 0 radical (unpaired) electrons. The first-order valence-corrected chi connectivity index (χ1v) is 6.43. The molecule has 86 valence electrons. The van der Waals surface area contributed by atoms with Gasteiger partial charge in [0.15, 0.2) is 0 Å². The van der Waals surface area contributed by atoms with Crippen molar-refractivity contribution in [3.8, 4) is 0 Å². The zero-order valence-corrected chi connectivity index (χ0v) is 10.2. The average Bonchev–Trinajstić information content (AvgIpc) is 2.95. The van der Waals surface area contributed by atoms with E-state index in [9.17, 15) is 0 Å². The lowest BCUT2D eigenvalue weighted by Crippen LogP contribution is -2.19. The van der Waals surface area contributed by atoms with Gasteiger partial charge in [0.1, 0.15) is 12.2 Å². The van der Waals surface area contributed by atoms with Crippen LogP contribution in [0, 0.1) is 0 Å². The molecule has 2 heterocycles. The van der Waals surface area contributed by atoms with Crippen LogP contribution in [0.4, 0.5) is 0 Å². The quantitative estimate of drug-likeness (QED) is 0.776. The van der Waals surface area contributed by atoms with E-state index in [1.807, 2.05) is 0 Å². The Kier molecular flexibility index (Phi) is 4.07. The number of nitrogens with zero attached hydrogens (tertiary/aromatic N) is 3. The third-order valence-corrected chi connectivity index (χ3v) is 3.18. The predicted molar refractivity (Wildman–Crippen MR) is 65.4 cm³/mol. The number of hydrogen-bond donors (Lipinski definition) is 1. The fourth-order valence-corrected chi connectivity index (χ4v) is 2.23. The van der Waals surface area contributed by atoms with Crippen molar-refractivity contribution >= 4 is 11.3 Å². The first kappa shape index (κ1) is 11.3. The maximum atomic E-state index is 4.05. The van der Waals surface area contributed by atoms with Gasteiger partial charge in [0.05, 0.1) is 0 Å². The summed E-state index contributed by atoms with van der Waals surface area (Å²) in [6.45, 7) is 4.91. The Morgan fingerprint density at radius 3 is 3.19 bits per heavy atom. The Bertz CT molecular complexity index is 407. The molecule has 0 aromatic carbocycles. The molecule has 0 amide bonds. The van der Waals surface area contributed by atoms with Crippen molar-refractivity contribution in [3.05, 3.63) is 34.5 Å². The van der Waals surface area contributed by atoms with Crippen molar-refractivity contribution in [1.82, 2.24) is 20.1 Å². The molecule has 16 heavy (non-hydrogen) atoms. The maximum absolute atomic E-state index is 4.05. The lowest BCUT2D eigenvalue weighted by Gasteiger charge is -2.06. The van der Waals surface area contributed by atoms with Crippen molar-refractivity contribution in [2.45, 2.75) is 26.4 Å². The maximum Gasteiger partial charge on any atom is 0.132 e. The fraction of sp³-hybridized carbons (Fsp3) is 0.455. The van der Waals surface area contributed by atoms with E-state index in [0.29, 0.717) is 0 Å². The molecule has 0 spiro atoms. The summed E-state index contributed by atoms with van der Waals surface area (Å²) in [4.78, 5) is 0. The van der Waals surface area contributed by atoms with Gasteiger partial charge >= 0.3 is 0 Å². The summed E-state index contributed by atoms with van der Waals surface area (Å²) in [6.07, 6.45) is 2.73. The van der Waals surface area contributed by atoms with Crippen molar-refractivity contribution in [3.63, 3.8) is 0 Å². The molecule has 2 aromatic heterocycles. The minimum atomic E-state index is 0.931. The standard InChI is InChI=1S/C11H16N4S/c1-2-11-14-13-9-15(11)5-4-12-7-10-3-6-16-8-10/h3,6,8-9,12H,2,4-5,7H2,1H3. The highest BCUT2D eigenvalue weighted by molar-refractivity contribution is 7.07. The van der Waals surface area contributed by atoms with Crippen LogP contribution in [0.25, 0.3) is 0 Å². The first-order chi connectivity index (χ1) is 7.90. The molecule has 0 atom stereocenters. The second-order valence-electron chi connectivity index (χ2n) is 3.60.